The molecule has 112 valence electrons. The molecule has 1 aromatic carbocycles. The van der Waals surface area contributed by atoms with E-state index in [0.29, 0.717) is 28.4 Å². The third-order valence-electron chi connectivity index (χ3n) is 3.18. The van der Waals surface area contributed by atoms with Gasteiger partial charge in [-0.2, -0.15) is 5.26 Å². The smallest absolute Gasteiger partial charge is 0.269 e. The molecule has 0 saturated carbocycles. The lowest BCUT2D eigenvalue weighted by Crippen LogP contribution is -1.86. The number of nitriles is 1. The third kappa shape index (κ3) is 3.04. The summed E-state index contributed by atoms with van der Waals surface area (Å²) in [5.74, 6) is 1.51. The van der Waals surface area contributed by atoms with Gasteiger partial charge < -0.3 is 8.83 Å². The Morgan fingerprint density at radius 3 is 2.57 bits per heavy atom. The number of nitro benzene ring substituents is 1. The lowest BCUT2D eigenvalue weighted by molar-refractivity contribution is -0.384. The van der Waals surface area contributed by atoms with Gasteiger partial charge in [-0.1, -0.05) is 0 Å². The molecule has 3 rings (SSSR count). The molecule has 0 N–H and O–H groups in total. The zero-order chi connectivity index (χ0) is 16.2. The highest BCUT2D eigenvalue weighted by molar-refractivity contribution is 5.86. The molecule has 0 aliphatic carbocycles. The predicted octanol–water partition coefficient (Wildman–Crippen LogP) is 4.51. The van der Waals surface area contributed by atoms with Gasteiger partial charge in [-0.25, -0.2) is 0 Å². The zero-order valence-electron chi connectivity index (χ0n) is 11.8. The average molecular weight is 306 g/mol. The SMILES string of the molecule is N#C/C(=C\c1ccc(-c2ccc([N+](=O)[O-])cc2)o1)c1ccco1. The minimum absolute atomic E-state index is 0.0185. The van der Waals surface area contributed by atoms with Gasteiger partial charge in [0.15, 0.2) is 0 Å². The second-order valence-corrected chi connectivity index (χ2v) is 4.65. The fourth-order valence-corrected chi connectivity index (χ4v) is 2.07. The van der Waals surface area contributed by atoms with Crippen LogP contribution < -0.4 is 0 Å². The Balaban J connectivity index is 1.88. The normalized spacial score (nSPS) is 11.2. The summed E-state index contributed by atoms with van der Waals surface area (Å²) in [6.45, 7) is 0. The summed E-state index contributed by atoms with van der Waals surface area (Å²) in [4.78, 5) is 10.2. The van der Waals surface area contributed by atoms with Crippen molar-refractivity contribution >= 4 is 17.3 Å². The van der Waals surface area contributed by atoms with Crippen molar-refractivity contribution in [2.45, 2.75) is 0 Å². The maximum Gasteiger partial charge on any atom is 0.269 e. The van der Waals surface area contributed by atoms with Crippen LogP contribution in [0.15, 0.2) is 63.6 Å². The topological polar surface area (TPSA) is 93.2 Å². The Labute approximate surface area is 131 Å². The Morgan fingerprint density at radius 2 is 1.96 bits per heavy atom. The number of benzene rings is 1. The molecule has 0 atom stereocenters. The molecule has 0 unspecified atom stereocenters. The first-order valence-electron chi connectivity index (χ1n) is 6.68. The Bertz CT molecular complexity index is 897. The van der Waals surface area contributed by atoms with Crippen LogP contribution in [0.25, 0.3) is 23.0 Å². The number of hydrogen-bond acceptors (Lipinski definition) is 5. The van der Waals surface area contributed by atoms with Crippen molar-refractivity contribution in [1.29, 1.82) is 5.26 Å². The molecular formula is C17H10N2O4. The number of allylic oxidation sites excluding steroid dienone is 1. The maximum atomic E-state index is 10.7. The second-order valence-electron chi connectivity index (χ2n) is 4.65. The van der Waals surface area contributed by atoms with E-state index in [1.807, 2.05) is 0 Å². The molecule has 23 heavy (non-hydrogen) atoms. The lowest BCUT2D eigenvalue weighted by Gasteiger charge is -1.97. The Morgan fingerprint density at radius 1 is 1.17 bits per heavy atom. The number of furan rings is 2. The van der Waals surface area contributed by atoms with Crippen LogP contribution in [0.4, 0.5) is 5.69 Å². The molecule has 0 aliphatic rings. The van der Waals surface area contributed by atoms with Gasteiger partial charge in [0.05, 0.1) is 16.8 Å². The molecule has 0 radical (unpaired) electrons. The van der Waals surface area contributed by atoms with Crippen molar-refractivity contribution in [1.82, 2.24) is 0 Å². The molecule has 6 nitrogen and oxygen atoms in total. The Kier molecular flexibility index (Phi) is 3.77. The van der Waals surface area contributed by atoms with Crippen LogP contribution in [0.5, 0.6) is 0 Å². The van der Waals surface area contributed by atoms with Crippen molar-refractivity contribution < 1.29 is 13.8 Å². The lowest BCUT2D eigenvalue weighted by atomic mass is 10.1. The molecule has 2 aromatic heterocycles. The van der Waals surface area contributed by atoms with Gasteiger partial charge in [0, 0.05) is 23.8 Å². The first-order valence-corrected chi connectivity index (χ1v) is 6.68. The zero-order valence-corrected chi connectivity index (χ0v) is 11.8. The minimum Gasteiger partial charge on any atom is -0.464 e. The molecule has 0 aliphatic heterocycles. The largest absolute Gasteiger partial charge is 0.464 e. The van der Waals surface area contributed by atoms with Crippen molar-refractivity contribution in [3.05, 3.63) is 76.4 Å². The molecule has 3 aromatic rings. The van der Waals surface area contributed by atoms with Crippen LogP contribution in [0.1, 0.15) is 11.5 Å². The van der Waals surface area contributed by atoms with Crippen molar-refractivity contribution in [2.75, 3.05) is 0 Å². The molecule has 0 fully saturated rings. The van der Waals surface area contributed by atoms with Gasteiger partial charge in [-0.15, -0.1) is 0 Å². The van der Waals surface area contributed by atoms with E-state index in [-0.39, 0.29) is 5.69 Å². The minimum atomic E-state index is -0.456. The van der Waals surface area contributed by atoms with Gasteiger partial charge in [-0.3, -0.25) is 10.1 Å². The Hall–Kier alpha value is -3.59. The summed E-state index contributed by atoms with van der Waals surface area (Å²) in [6, 6.07) is 15.0. The molecule has 0 spiro atoms. The van der Waals surface area contributed by atoms with E-state index in [0.717, 1.165) is 0 Å². The fourth-order valence-electron chi connectivity index (χ4n) is 2.07. The van der Waals surface area contributed by atoms with Crippen LogP contribution >= 0.6 is 0 Å². The summed E-state index contributed by atoms with van der Waals surface area (Å²) in [6.07, 6.45) is 3.07. The number of nitrogens with zero attached hydrogens (tertiary/aromatic N) is 2. The number of nitro groups is 1. The molecule has 0 amide bonds. The summed E-state index contributed by atoms with van der Waals surface area (Å²) in [5.41, 5.74) is 1.08. The molecular weight excluding hydrogens is 296 g/mol. The fraction of sp³-hybridized carbons (Fsp3) is 0. The van der Waals surface area contributed by atoms with Gasteiger partial charge >= 0.3 is 0 Å². The van der Waals surface area contributed by atoms with E-state index in [9.17, 15) is 15.4 Å². The van der Waals surface area contributed by atoms with E-state index >= 15 is 0 Å². The monoisotopic (exact) mass is 306 g/mol. The third-order valence-corrected chi connectivity index (χ3v) is 3.18. The molecule has 0 saturated heterocycles. The molecule has 2 heterocycles. The highest BCUT2D eigenvalue weighted by Gasteiger charge is 2.09. The quantitative estimate of drug-likeness (QED) is 0.401. The number of non-ortho nitro benzene ring substituents is 1. The predicted molar refractivity (Wildman–Crippen MR) is 83.0 cm³/mol. The summed E-state index contributed by atoms with van der Waals surface area (Å²) in [5, 5.41) is 19.8. The molecule has 0 bridgehead atoms. The molecule has 6 heteroatoms. The highest BCUT2D eigenvalue weighted by atomic mass is 16.6. The van der Waals surface area contributed by atoms with Crippen molar-refractivity contribution in [3.63, 3.8) is 0 Å². The van der Waals surface area contributed by atoms with Crippen LogP contribution in [0, 0.1) is 21.4 Å². The van der Waals surface area contributed by atoms with E-state index < -0.39 is 4.92 Å². The number of hydrogen-bond donors (Lipinski definition) is 0. The standard InChI is InChI=1S/C17H10N2O4/c18-11-13(16-2-1-9-22-16)10-15-7-8-17(23-15)12-3-5-14(6-4-12)19(20)21/h1-10H/b13-10+. The highest BCUT2D eigenvalue weighted by Crippen LogP contribution is 2.26. The number of rotatable bonds is 4. The van der Waals surface area contributed by atoms with Crippen molar-refractivity contribution in [3.8, 4) is 17.4 Å². The van der Waals surface area contributed by atoms with Crippen LogP contribution in [0.2, 0.25) is 0 Å². The van der Waals surface area contributed by atoms with Crippen LogP contribution in [0.3, 0.4) is 0 Å². The first-order chi connectivity index (χ1) is 11.2. The van der Waals surface area contributed by atoms with E-state index in [2.05, 4.69) is 6.07 Å². The van der Waals surface area contributed by atoms with E-state index in [1.165, 1.54) is 18.4 Å². The van der Waals surface area contributed by atoms with Gasteiger partial charge in [-0.05, 0) is 36.4 Å². The second kappa shape index (κ2) is 6.03. The van der Waals surface area contributed by atoms with Crippen LogP contribution in [-0.2, 0) is 0 Å². The first kappa shape index (κ1) is 14.4. The van der Waals surface area contributed by atoms with Crippen LogP contribution in [-0.4, -0.2) is 4.92 Å². The average Bonchev–Trinajstić information content (AvgIpc) is 3.24. The van der Waals surface area contributed by atoms with Gasteiger partial charge in [0.25, 0.3) is 5.69 Å². The van der Waals surface area contributed by atoms with Gasteiger partial charge in [0.2, 0.25) is 0 Å². The van der Waals surface area contributed by atoms with Crippen molar-refractivity contribution in [2.24, 2.45) is 0 Å². The van der Waals surface area contributed by atoms with E-state index in [1.54, 1.807) is 42.5 Å². The van der Waals surface area contributed by atoms with Gasteiger partial charge in [0.1, 0.15) is 23.3 Å². The van der Waals surface area contributed by atoms with E-state index in [4.69, 9.17) is 8.83 Å². The maximum absolute atomic E-state index is 10.7. The summed E-state index contributed by atoms with van der Waals surface area (Å²) < 4.78 is 10.9. The summed E-state index contributed by atoms with van der Waals surface area (Å²) >= 11 is 0. The summed E-state index contributed by atoms with van der Waals surface area (Å²) in [7, 11) is 0.